The van der Waals surface area contributed by atoms with E-state index in [0.717, 1.165) is 49.0 Å². The molecule has 2 fully saturated rings. The topological polar surface area (TPSA) is 69.7 Å². The minimum atomic E-state index is -0.645. The Bertz CT molecular complexity index is 1040. The summed E-state index contributed by atoms with van der Waals surface area (Å²) in [7, 11) is 0. The zero-order valence-electron chi connectivity index (χ0n) is 21.7. The van der Waals surface area contributed by atoms with Crippen LogP contribution in [0.3, 0.4) is 0 Å². The van der Waals surface area contributed by atoms with Crippen LogP contribution in [0.5, 0.6) is 0 Å². The van der Waals surface area contributed by atoms with Crippen LogP contribution in [-0.4, -0.2) is 17.7 Å². The van der Waals surface area contributed by atoms with Gasteiger partial charge in [-0.1, -0.05) is 37.5 Å². The Hall–Kier alpha value is -2.95. The highest BCUT2D eigenvalue weighted by atomic mass is 16.5. The number of rotatable bonds is 6. The molecule has 5 nitrogen and oxygen atoms in total. The van der Waals surface area contributed by atoms with Crippen molar-refractivity contribution in [3.63, 3.8) is 0 Å². The quantitative estimate of drug-likeness (QED) is 0.407. The van der Waals surface area contributed by atoms with Gasteiger partial charge in [0, 0.05) is 0 Å². The fourth-order valence-corrected chi connectivity index (χ4v) is 5.69. The standard InChI is InChI=1S/C31H38O5/c1-20-4-8-23(9-5-20)24-12-14-26(15-13-24)31(34)36-29-17-16-28(18-27(19-29)22(3)32)35-30(33)25-10-6-21(2)7-11-25/h6-7,10-11,16-20,23-24,26-27H,4-5,8-9,12-15H2,1-3H3. The second-order valence-electron chi connectivity index (χ2n) is 10.9. The summed E-state index contributed by atoms with van der Waals surface area (Å²) in [6.07, 6.45) is 15.6. The number of hydrogen-bond acceptors (Lipinski definition) is 5. The molecule has 0 amide bonds. The lowest BCUT2D eigenvalue weighted by Gasteiger charge is -2.36. The molecule has 1 aromatic rings. The Kier molecular flexibility index (Phi) is 8.60. The Labute approximate surface area is 214 Å². The minimum absolute atomic E-state index is 0.108. The third kappa shape index (κ3) is 6.83. The first-order valence-electron chi connectivity index (χ1n) is 13.4. The van der Waals surface area contributed by atoms with Gasteiger partial charge in [0.1, 0.15) is 17.3 Å². The second kappa shape index (κ2) is 11.9. The molecule has 0 spiro atoms. The maximum absolute atomic E-state index is 13.0. The molecular formula is C31H38O5. The number of hydrogen-bond donors (Lipinski definition) is 0. The molecule has 2 saturated carbocycles. The third-order valence-electron chi connectivity index (χ3n) is 8.12. The maximum Gasteiger partial charge on any atom is 0.343 e. The van der Waals surface area contributed by atoms with Gasteiger partial charge in [0.15, 0.2) is 0 Å². The average Bonchev–Trinajstić information content (AvgIpc) is 3.07. The van der Waals surface area contributed by atoms with Gasteiger partial charge in [0.2, 0.25) is 0 Å². The van der Waals surface area contributed by atoms with Gasteiger partial charge in [-0.15, -0.1) is 0 Å². The van der Waals surface area contributed by atoms with Gasteiger partial charge in [-0.3, -0.25) is 9.59 Å². The Morgan fingerprint density at radius 2 is 1.28 bits per heavy atom. The molecule has 192 valence electrons. The SMILES string of the molecule is CC(=O)C1C=C(OC(=O)c2ccc(C)cc2)C=CC(OC(=O)C2CCC(C3CCC(C)CC3)CC2)=C1. The highest BCUT2D eigenvalue weighted by Gasteiger charge is 2.33. The Morgan fingerprint density at radius 3 is 1.83 bits per heavy atom. The average molecular weight is 491 g/mol. The fraction of sp³-hybridized carbons (Fsp3) is 0.516. The van der Waals surface area contributed by atoms with E-state index in [1.165, 1.54) is 32.6 Å². The predicted octanol–water partition coefficient (Wildman–Crippen LogP) is 6.87. The van der Waals surface area contributed by atoms with Gasteiger partial charge in [0.05, 0.1) is 17.4 Å². The van der Waals surface area contributed by atoms with Gasteiger partial charge < -0.3 is 9.47 Å². The van der Waals surface area contributed by atoms with Gasteiger partial charge in [0.25, 0.3) is 0 Å². The number of aryl methyl sites for hydroxylation is 1. The zero-order chi connectivity index (χ0) is 25.7. The molecule has 0 N–H and O–H groups in total. The Morgan fingerprint density at radius 1 is 0.750 bits per heavy atom. The summed E-state index contributed by atoms with van der Waals surface area (Å²) < 4.78 is 11.3. The van der Waals surface area contributed by atoms with Crippen molar-refractivity contribution in [3.8, 4) is 0 Å². The molecule has 36 heavy (non-hydrogen) atoms. The van der Waals surface area contributed by atoms with E-state index in [4.69, 9.17) is 9.47 Å². The molecule has 3 aliphatic carbocycles. The van der Waals surface area contributed by atoms with Gasteiger partial charge in [-0.05, 0) is 107 Å². The summed E-state index contributed by atoms with van der Waals surface area (Å²) >= 11 is 0. The van der Waals surface area contributed by atoms with Crippen LogP contribution >= 0.6 is 0 Å². The highest BCUT2D eigenvalue weighted by molar-refractivity contribution is 5.90. The van der Waals surface area contributed by atoms with Crippen molar-refractivity contribution >= 4 is 17.7 Å². The largest absolute Gasteiger partial charge is 0.427 e. The van der Waals surface area contributed by atoms with Crippen LogP contribution in [0.1, 0.15) is 81.1 Å². The number of benzene rings is 1. The van der Waals surface area contributed by atoms with E-state index < -0.39 is 11.9 Å². The van der Waals surface area contributed by atoms with Crippen molar-refractivity contribution < 1.29 is 23.9 Å². The summed E-state index contributed by atoms with van der Waals surface area (Å²) in [5.74, 6) is 1.36. The number of carbonyl (C=O) groups excluding carboxylic acids is 3. The maximum atomic E-state index is 13.0. The minimum Gasteiger partial charge on any atom is -0.427 e. The Balaban J connectivity index is 1.34. The molecule has 1 unspecified atom stereocenters. The van der Waals surface area contributed by atoms with Crippen molar-refractivity contribution in [2.75, 3.05) is 0 Å². The lowest BCUT2D eigenvalue weighted by Crippen LogP contribution is -2.28. The van der Waals surface area contributed by atoms with Gasteiger partial charge in [-0.2, -0.15) is 0 Å². The van der Waals surface area contributed by atoms with Crippen molar-refractivity contribution in [2.45, 2.75) is 72.1 Å². The molecule has 0 heterocycles. The molecule has 0 saturated heterocycles. The summed E-state index contributed by atoms with van der Waals surface area (Å²) in [5.41, 5.74) is 1.47. The molecule has 1 aromatic carbocycles. The first-order chi connectivity index (χ1) is 17.3. The van der Waals surface area contributed by atoms with Crippen LogP contribution in [0.4, 0.5) is 0 Å². The molecule has 1 atom stereocenters. The van der Waals surface area contributed by atoms with E-state index in [1.54, 1.807) is 36.4 Å². The van der Waals surface area contributed by atoms with E-state index in [1.807, 2.05) is 19.1 Å². The molecule has 0 aromatic heterocycles. The monoisotopic (exact) mass is 490 g/mol. The number of ether oxygens (including phenoxy) is 2. The number of carbonyl (C=O) groups is 3. The number of Topliss-reactive ketones (excluding diaryl/α,β-unsaturated/α-hetero) is 1. The van der Waals surface area contributed by atoms with Gasteiger partial charge >= 0.3 is 11.9 Å². The predicted molar refractivity (Wildman–Crippen MR) is 139 cm³/mol. The van der Waals surface area contributed by atoms with E-state index >= 15 is 0 Å². The van der Waals surface area contributed by atoms with Crippen LogP contribution in [0.2, 0.25) is 0 Å². The summed E-state index contributed by atoms with van der Waals surface area (Å²) in [6.45, 7) is 5.76. The number of allylic oxidation sites excluding steroid dienone is 4. The van der Waals surface area contributed by atoms with E-state index in [2.05, 4.69) is 6.92 Å². The lowest BCUT2D eigenvalue weighted by atomic mass is 9.69. The molecule has 3 aliphatic rings. The first kappa shape index (κ1) is 26.1. The third-order valence-corrected chi connectivity index (χ3v) is 8.12. The molecule has 0 bridgehead atoms. The number of esters is 2. The first-order valence-corrected chi connectivity index (χ1v) is 13.4. The van der Waals surface area contributed by atoms with Crippen molar-refractivity contribution in [1.29, 1.82) is 0 Å². The summed E-state index contributed by atoms with van der Waals surface area (Å²) in [6, 6.07) is 7.09. The van der Waals surface area contributed by atoms with E-state index in [9.17, 15) is 14.4 Å². The molecular weight excluding hydrogens is 452 g/mol. The number of ketones is 1. The van der Waals surface area contributed by atoms with Crippen LogP contribution in [0.15, 0.2) is 60.1 Å². The fourth-order valence-electron chi connectivity index (χ4n) is 5.69. The van der Waals surface area contributed by atoms with Crippen LogP contribution in [-0.2, 0) is 19.1 Å². The van der Waals surface area contributed by atoms with Crippen LogP contribution in [0, 0.1) is 36.5 Å². The van der Waals surface area contributed by atoms with Crippen LogP contribution in [0.25, 0.3) is 0 Å². The second-order valence-corrected chi connectivity index (χ2v) is 10.9. The molecule has 0 radical (unpaired) electrons. The molecule has 0 aliphatic heterocycles. The summed E-state index contributed by atoms with van der Waals surface area (Å²) in [4.78, 5) is 37.8. The van der Waals surface area contributed by atoms with E-state index in [0.29, 0.717) is 11.3 Å². The molecule has 5 heteroatoms. The van der Waals surface area contributed by atoms with Crippen LogP contribution < -0.4 is 0 Å². The smallest absolute Gasteiger partial charge is 0.343 e. The van der Waals surface area contributed by atoms with Gasteiger partial charge in [-0.25, -0.2) is 4.79 Å². The summed E-state index contributed by atoms with van der Waals surface area (Å²) in [5, 5.41) is 0. The highest BCUT2D eigenvalue weighted by Crippen LogP contribution is 2.41. The van der Waals surface area contributed by atoms with Crippen molar-refractivity contribution in [2.24, 2.45) is 29.6 Å². The van der Waals surface area contributed by atoms with Crippen molar-refractivity contribution in [1.82, 2.24) is 0 Å². The zero-order valence-corrected chi connectivity index (χ0v) is 21.7. The normalized spacial score (nSPS) is 28.4. The van der Waals surface area contributed by atoms with E-state index in [-0.39, 0.29) is 23.4 Å². The van der Waals surface area contributed by atoms with Crippen molar-refractivity contribution in [3.05, 3.63) is 71.2 Å². The molecule has 4 rings (SSSR count). The lowest BCUT2D eigenvalue weighted by molar-refractivity contribution is -0.145.